The lowest BCUT2D eigenvalue weighted by Gasteiger charge is -2.38. The Hall–Kier alpha value is -9.92. The molecule has 0 N–H and O–H groups in total. The predicted octanol–water partition coefficient (Wildman–Crippen LogP) is 16.1. The van der Waals surface area contributed by atoms with E-state index in [0.717, 1.165) is 0 Å². The van der Waals surface area contributed by atoms with Gasteiger partial charge in [0.1, 0.15) is 0 Å². The molecule has 19 rings (SSSR count). The van der Waals surface area contributed by atoms with Crippen LogP contribution in [0.2, 0.25) is 0 Å². The van der Waals surface area contributed by atoms with Crippen LogP contribution in [0.5, 0.6) is 0 Å². The van der Waals surface area contributed by atoms with E-state index in [-0.39, 0.29) is 0 Å². The lowest BCUT2D eigenvalue weighted by Crippen LogP contribution is -2.75. The summed E-state index contributed by atoms with van der Waals surface area (Å²) in [6.07, 6.45) is 0. The van der Waals surface area contributed by atoms with E-state index in [1.54, 1.807) is 0 Å². The number of fused-ring (bicyclic) bond motifs is 30. The molecule has 0 saturated carbocycles. The Morgan fingerprint density at radius 3 is 0.549 bits per heavy atom. The molecule has 0 fully saturated rings. The zero-order chi connectivity index (χ0) is 53.5. The van der Waals surface area contributed by atoms with Gasteiger partial charge < -0.3 is 0 Å². The van der Waals surface area contributed by atoms with Crippen LogP contribution in [0.15, 0.2) is 303 Å². The maximum Gasteiger partial charge on any atom is 0.179 e. The molecule has 0 unspecified atom stereocenters. The molecule has 378 valence electrons. The third-order valence-corrected chi connectivity index (χ3v) is 25.2. The van der Waals surface area contributed by atoms with Crippen LogP contribution in [0.4, 0.5) is 0 Å². The third-order valence-electron chi connectivity index (χ3n) is 20.5. The SMILES string of the molecule is c1ccc([Si](c2ccc3c(c2)C2(c4ccccc4-c4ccccc42)c2ccccc2-3)(c2ccc3c(c2)C2(c4ccccc4-c4ccccc42)c2ccccc2-3)c2ccc3c(c2)C2(c4ccccc4-c4ccccc42)c2ccccc2-3)cc1. The summed E-state index contributed by atoms with van der Waals surface area (Å²) in [5, 5.41) is 5.49. The highest BCUT2D eigenvalue weighted by Crippen LogP contribution is 2.66. The summed E-state index contributed by atoms with van der Waals surface area (Å²) in [6, 6.07) is 119. The Kier molecular flexibility index (Phi) is 8.71. The minimum atomic E-state index is -3.49. The first-order chi connectivity index (χ1) is 40.7. The van der Waals surface area contributed by atoms with E-state index in [2.05, 4.69) is 303 Å². The van der Waals surface area contributed by atoms with Crippen molar-refractivity contribution in [1.82, 2.24) is 0 Å². The molecule has 0 aliphatic heterocycles. The van der Waals surface area contributed by atoms with Gasteiger partial charge in [-0.2, -0.15) is 0 Å². The quantitative estimate of drug-likeness (QED) is 0.122. The smallest absolute Gasteiger partial charge is 0.0623 e. The van der Waals surface area contributed by atoms with Gasteiger partial charge in [0.15, 0.2) is 8.07 Å². The summed E-state index contributed by atoms with van der Waals surface area (Å²) in [7, 11) is -3.49. The molecule has 0 aromatic heterocycles. The normalized spacial score (nSPS) is 15.1. The summed E-state index contributed by atoms with van der Waals surface area (Å²) < 4.78 is 0. The fourth-order valence-electron chi connectivity index (χ4n) is 17.7. The topological polar surface area (TPSA) is 0 Å². The molecule has 3 spiro atoms. The second-order valence-corrected chi connectivity index (χ2v) is 27.4. The first-order valence-corrected chi connectivity index (χ1v) is 31.1. The average molecular weight is 1050 g/mol. The summed E-state index contributed by atoms with van der Waals surface area (Å²) in [5.41, 5.74) is 30.6. The van der Waals surface area contributed by atoms with Gasteiger partial charge in [-0.25, -0.2) is 0 Å². The molecule has 1 heteroatoms. The van der Waals surface area contributed by atoms with Gasteiger partial charge in [-0.15, -0.1) is 0 Å². The van der Waals surface area contributed by atoms with Crippen molar-refractivity contribution in [1.29, 1.82) is 0 Å². The highest BCUT2D eigenvalue weighted by molar-refractivity contribution is 7.20. The van der Waals surface area contributed by atoms with Crippen molar-refractivity contribution >= 4 is 28.8 Å². The average Bonchev–Trinajstić information content (AvgIpc) is 3.06. The maximum absolute atomic E-state index is 3.49. The Labute approximate surface area is 479 Å². The zero-order valence-electron chi connectivity index (χ0n) is 44.9. The largest absolute Gasteiger partial charge is 0.179 e. The molecule has 0 heterocycles. The van der Waals surface area contributed by atoms with Crippen LogP contribution < -0.4 is 20.7 Å². The standard InChI is InChI=1S/C81H50Si/c1-2-22-51(23-3-1)82(52-42-45-64-61-30-10-19-39-73(61)79(76(64)48-52)67-33-13-4-24-55(67)56-25-5-14-34-68(56)79,53-43-46-65-62-31-11-20-40-74(62)80(77(65)49-53)69-35-15-6-26-57(69)58-27-7-16-36-70(58)80)54-44-47-66-63-32-12-21-41-75(63)81(78(66)50-54)71-37-17-8-28-59(71)60-29-9-18-38-72(60)81/h1-50H. The first-order valence-electron chi connectivity index (χ1n) is 29.1. The van der Waals surface area contributed by atoms with Crippen molar-refractivity contribution in [3.8, 4) is 66.8 Å². The molecule has 6 aliphatic rings. The Bertz CT molecular complexity index is 4300. The van der Waals surface area contributed by atoms with E-state index in [4.69, 9.17) is 0 Å². The number of benzene rings is 13. The van der Waals surface area contributed by atoms with Gasteiger partial charge in [-0.1, -0.05) is 303 Å². The number of hydrogen-bond acceptors (Lipinski definition) is 0. The molecule has 0 atom stereocenters. The molecular formula is C81H50Si. The minimum absolute atomic E-state index is 0.520. The molecular weight excluding hydrogens is 1000 g/mol. The van der Waals surface area contributed by atoms with Gasteiger partial charge in [-0.3, -0.25) is 0 Å². The van der Waals surface area contributed by atoms with E-state index >= 15 is 0 Å². The molecule has 0 saturated heterocycles. The summed E-state index contributed by atoms with van der Waals surface area (Å²) in [4.78, 5) is 0. The van der Waals surface area contributed by atoms with Crippen molar-refractivity contribution in [2.24, 2.45) is 0 Å². The minimum Gasteiger partial charge on any atom is -0.0623 e. The van der Waals surface area contributed by atoms with Crippen molar-refractivity contribution in [2.45, 2.75) is 16.2 Å². The van der Waals surface area contributed by atoms with Gasteiger partial charge in [0.25, 0.3) is 0 Å². The Morgan fingerprint density at radius 2 is 0.329 bits per heavy atom. The van der Waals surface area contributed by atoms with Crippen LogP contribution in [-0.2, 0) is 16.2 Å². The highest BCUT2D eigenvalue weighted by Gasteiger charge is 2.57. The van der Waals surface area contributed by atoms with Gasteiger partial charge >= 0.3 is 0 Å². The molecule has 0 nitrogen and oxygen atoms in total. The second-order valence-electron chi connectivity index (χ2n) is 23.6. The van der Waals surface area contributed by atoms with Crippen molar-refractivity contribution in [2.75, 3.05) is 0 Å². The van der Waals surface area contributed by atoms with Gasteiger partial charge in [0.2, 0.25) is 0 Å². The van der Waals surface area contributed by atoms with E-state index < -0.39 is 24.3 Å². The van der Waals surface area contributed by atoms with Gasteiger partial charge in [0.05, 0.1) is 16.2 Å². The highest BCUT2D eigenvalue weighted by atomic mass is 28.3. The lowest BCUT2D eigenvalue weighted by molar-refractivity contribution is 0.794. The number of hydrogen-bond donors (Lipinski definition) is 0. The summed E-state index contributed by atoms with van der Waals surface area (Å²) in [6.45, 7) is 0. The first kappa shape index (κ1) is 44.9. The van der Waals surface area contributed by atoms with Crippen LogP contribution in [0, 0.1) is 0 Å². The van der Waals surface area contributed by atoms with Gasteiger partial charge in [-0.05, 0) is 154 Å². The fourth-order valence-corrected chi connectivity index (χ4v) is 22.4. The molecule has 0 bridgehead atoms. The molecule has 6 aliphatic carbocycles. The van der Waals surface area contributed by atoms with E-state index in [9.17, 15) is 0 Å². The lowest BCUT2D eigenvalue weighted by atomic mass is 9.70. The fraction of sp³-hybridized carbons (Fsp3) is 0.0370. The molecule has 82 heavy (non-hydrogen) atoms. The monoisotopic (exact) mass is 1050 g/mol. The maximum atomic E-state index is 2.73. The summed E-state index contributed by atoms with van der Waals surface area (Å²) >= 11 is 0. The predicted molar refractivity (Wildman–Crippen MR) is 339 cm³/mol. The molecule has 13 aromatic rings. The van der Waals surface area contributed by atoms with Crippen LogP contribution in [0.1, 0.15) is 66.8 Å². The Balaban J connectivity index is 0.972. The van der Waals surface area contributed by atoms with Crippen molar-refractivity contribution in [3.05, 3.63) is 370 Å². The van der Waals surface area contributed by atoms with Crippen LogP contribution >= 0.6 is 0 Å². The zero-order valence-corrected chi connectivity index (χ0v) is 45.9. The third kappa shape index (κ3) is 5.10. The van der Waals surface area contributed by atoms with Crippen molar-refractivity contribution in [3.63, 3.8) is 0 Å². The summed E-state index contributed by atoms with van der Waals surface area (Å²) in [5.74, 6) is 0. The van der Waals surface area contributed by atoms with Crippen LogP contribution in [0.3, 0.4) is 0 Å². The molecule has 13 aromatic carbocycles. The van der Waals surface area contributed by atoms with Crippen molar-refractivity contribution < 1.29 is 0 Å². The van der Waals surface area contributed by atoms with E-state index in [1.807, 2.05) is 0 Å². The Morgan fingerprint density at radius 1 is 0.146 bits per heavy atom. The molecule has 0 radical (unpaired) electrons. The van der Waals surface area contributed by atoms with Gasteiger partial charge in [0, 0.05) is 0 Å². The number of rotatable bonds is 4. The van der Waals surface area contributed by atoms with E-state index in [0.29, 0.717) is 0 Å². The molecule has 0 amide bonds. The van der Waals surface area contributed by atoms with Crippen LogP contribution in [0.25, 0.3) is 66.8 Å². The second kappa shape index (κ2) is 15.9. The van der Waals surface area contributed by atoms with E-state index in [1.165, 1.54) is 154 Å². The van der Waals surface area contributed by atoms with Crippen LogP contribution in [-0.4, -0.2) is 8.07 Å².